The maximum absolute atomic E-state index is 13.1. The highest BCUT2D eigenvalue weighted by molar-refractivity contribution is 6.30. The number of aromatic amines is 1. The SMILES string of the molecule is O=C(Nc1ccc(Cl)cc1)N(Cc1cc2cc3c(cc2[nH]c1=O)OCO3)C[C@@H]1CCCO1. The third-order valence-electron chi connectivity index (χ3n) is 5.61. The summed E-state index contributed by atoms with van der Waals surface area (Å²) in [5.41, 5.74) is 1.49. The van der Waals surface area contributed by atoms with Crippen molar-refractivity contribution in [2.45, 2.75) is 25.5 Å². The molecule has 2 amide bonds. The molecule has 1 atom stereocenters. The maximum atomic E-state index is 13.1. The van der Waals surface area contributed by atoms with Crippen molar-refractivity contribution in [2.75, 3.05) is 25.3 Å². The van der Waals surface area contributed by atoms with Crippen molar-refractivity contribution in [1.82, 2.24) is 9.88 Å². The second kappa shape index (κ2) is 8.72. The molecule has 9 heteroatoms. The minimum Gasteiger partial charge on any atom is -0.454 e. The Labute approximate surface area is 189 Å². The van der Waals surface area contributed by atoms with Gasteiger partial charge >= 0.3 is 6.03 Å². The third-order valence-corrected chi connectivity index (χ3v) is 5.86. The van der Waals surface area contributed by atoms with Gasteiger partial charge in [0.25, 0.3) is 5.56 Å². The molecule has 166 valence electrons. The van der Waals surface area contributed by atoms with Crippen LogP contribution < -0.4 is 20.3 Å². The third kappa shape index (κ3) is 4.37. The van der Waals surface area contributed by atoms with E-state index in [1.54, 1.807) is 41.3 Å². The van der Waals surface area contributed by atoms with E-state index in [2.05, 4.69) is 10.3 Å². The summed E-state index contributed by atoms with van der Waals surface area (Å²) in [6.07, 6.45) is 1.78. The number of halogens is 1. The fraction of sp³-hybridized carbons (Fsp3) is 0.304. The molecule has 5 rings (SSSR count). The number of carbonyl (C=O) groups is 1. The number of carbonyl (C=O) groups excluding carboxylic acids is 1. The predicted molar refractivity (Wildman–Crippen MR) is 121 cm³/mol. The topological polar surface area (TPSA) is 92.9 Å². The second-order valence-corrected chi connectivity index (χ2v) is 8.31. The van der Waals surface area contributed by atoms with E-state index in [9.17, 15) is 9.59 Å². The van der Waals surface area contributed by atoms with Crippen LogP contribution in [-0.4, -0.2) is 42.0 Å². The molecule has 2 aromatic carbocycles. The van der Waals surface area contributed by atoms with Gasteiger partial charge in [-0.3, -0.25) is 4.79 Å². The number of anilines is 1. The molecule has 8 nitrogen and oxygen atoms in total. The van der Waals surface area contributed by atoms with Crippen molar-refractivity contribution >= 4 is 34.2 Å². The van der Waals surface area contributed by atoms with Crippen LogP contribution in [0.3, 0.4) is 0 Å². The standard InChI is InChI=1S/C23H22ClN3O5/c24-16-3-5-17(6-4-16)25-23(29)27(12-18-2-1-7-30-18)11-15-8-14-9-20-21(32-13-31-20)10-19(14)26-22(15)28/h3-6,8-10,18H,1-2,7,11-13H2,(H,25,29)(H,26,28)/t18-/m0/s1. The minimum atomic E-state index is -0.312. The van der Waals surface area contributed by atoms with Crippen LogP contribution in [0.2, 0.25) is 5.02 Å². The number of amides is 2. The van der Waals surface area contributed by atoms with Gasteiger partial charge in [0.1, 0.15) is 0 Å². The molecule has 3 aromatic rings. The summed E-state index contributed by atoms with van der Waals surface area (Å²) < 4.78 is 16.6. The van der Waals surface area contributed by atoms with E-state index in [1.807, 2.05) is 6.07 Å². The van der Waals surface area contributed by atoms with E-state index in [0.717, 1.165) is 18.2 Å². The molecular weight excluding hydrogens is 434 g/mol. The largest absolute Gasteiger partial charge is 0.454 e. The van der Waals surface area contributed by atoms with Crippen LogP contribution in [0.1, 0.15) is 18.4 Å². The lowest BCUT2D eigenvalue weighted by molar-refractivity contribution is 0.0818. The molecule has 0 radical (unpaired) electrons. The van der Waals surface area contributed by atoms with Gasteiger partial charge in [0.15, 0.2) is 11.5 Å². The number of hydrogen-bond acceptors (Lipinski definition) is 5. The summed E-state index contributed by atoms with van der Waals surface area (Å²) in [6, 6.07) is 11.9. The molecular formula is C23H22ClN3O5. The fourth-order valence-corrected chi connectivity index (χ4v) is 4.08. The number of urea groups is 1. The lowest BCUT2D eigenvalue weighted by Crippen LogP contribution is -2.40. The summed E-state index contributed by atoms with van der Waals surface area (Å²) in [4.78, 5) is 30.4. The Balaban J connectivity index is 1.42. The zero-order chi connectivity index (χ0) is 22.1. The average molecular weight is 456 g/mol. The van der Waals surface area contributed by atoms with Gasteiger partial charge in [0.05, 0.1) is 18.2 Å². The lowest BCUT2D eigenvalue weighted by Gasteiger charge is -2.25. The Bertz CT molecular complexity index is 1200. The van der Waals surface area contributed by atoms with Crippen LogP contribution in [-0.2, 0) is 11.3 Å². The molecule has 1 aromatic heterocycles. The molecule has 1 saturated heterocycles. The van der Waals surface area contributed by atoms with E-state index < -0.39 is 0 Å². The Hall–Kier alpha value is -3.23. The van der Waals surface area contributed by atoms with Gasteiger partial charge in [-0.15, -0.1) is 0 Å². The highest BCUT2D eigenvalue weighted by Crippen LogP contribution is 2.35. The van der Waals surface area contributed by atoms with Gasteiger partial charge in [-0.2, -0.15) is 0 Å². The summed E-state index contributed by atoms with van der Waals surface area (Å²) in [6.45, 7) is 1.36. The zero-order valence-corrected chi connectivity index (χ0v) is 18.0. The molecule has 2 N–H and O–H groups in total. The first kappa shape index (κ1) is 20.7. The molecule has 1 fully saturated rings. The van der Waals surface area contributed by atoms with Crippen molar-refractivity contribution in [3.8, 4) is 11.5 Å². The highest BCUT2D eigenvalue weighted by atomic mass is 35.5. The van der Waals surface area contributed by atoms with E-state index in [0.29, 0.717) is 46.4 Å². The number of aromatic nitrogens is 1. The van der Waals surface area contributed by atoms with Gasteiger partial charge < -0.3 is 29.4 Å². The Morgan fingerprint density at radius 1 is 1.16 bits per heavy atom. The van der Waals surface area contributed by atoms with Crippen LogP contribution in [0.25, 0.3) is 10.9 Å². The average Bonchev–Trinajstić information content (AvgIpc) is 3.45. The normalized spacial score (nSPS) is 17.0. The quantitative estimate of drug-likeness (QED) is 0.603. The van der Waals surface area contributed by atoms with Crippen molar-refractivity contribution in [3.05, 3.63) is 63.4 Å². The van der Waals surface area contributed by atoms with Gasteiger partial charge in [-0.05, 0) is 49.2 Å². The highest BCUT2D eigenvalue weighted by Gasteiger charge is 2.24. The van der Waals surface area contributed by atoms with Gasteiger partial charge in [0, 0.05) is 40.9 Å². The van der Waals surface area contributed by atoms with Crippen molar-refractivity contribution < 1.29 is 19.0 Å². The monoisotopic (exact) mass is 455 g/mol. The molecule has 2 aliphatic rings. The van der Waals surface area contributed by atoms with Crippen LogP contribution in [0.5, 0.6) is 11.5 Å². The van der Waals surface area contributed by atoms with Crippen molar-refractivity contribution in [2.24, 2.45) is 0 Å². The number of ether oxygens (including phenoxy) is 3. The van der Waals surface area contributed by atoms with Gasteiger partial charge in [-0.25, -0.2) is 4.79 Å². The smallest absolute Gasteiger partial charge is 0.322 e. The zero-order valence-electron chi connectivity index (χ0n) is 17.2. The minimum absolute atomic E-state index is 0.0562. The number of nitrogens with zero attached hydrogens (tertiary/aromatic N) is 1. The molecule has 0 bridgehead atoms. The number of hydrogen-bond donors (Lipinski definition) is 2. The first-order valence-electron chi connectivity index (χ1n) is 10.4. The fourth-order valence-electron chi connectivity index (χ4n) is 3.95. The molecule has 0 aliphatic carbocycles. The van der Waals surface area contributed by atoms with Gasteiger partial charge in [-0.1, -0.05) is 11.6 Å². The lowest BCUT2D eigenvalue weighted by atomic mass is 10.1. The van der Waals surface area contributed by atoms with Crippen LogP contribution >= 0.6 is 11.6 Å². The Kier molecular flexibility index (Phi) is 5.63. The van der Waals surface area contributed by atoms with E-state index >= 15 is 0 Å². The first-order valence-corrected chi connectivity index (χ1v) is 10.8. The van der Waals surface area contributed by atoms with E-state index in [1.165, 1.54) is 0 Å². The predicted octanol–water partition coefficient (Wildman–Crippen LogP) is 4.12. The van der Waals surface area contributed by atoms with E-state index in [4.69, 9.17) is 25.8 Å². The summed E-state index contributed by atoms with van der Waals surface area (Å²) in [7, 11) is 0. The van der Waals surface area contributed by atoms with Crippen LogP contribution in [0, 0.1) is 0 Å². The summed E-state index contributed by atoms with van der Waals surface area (Å²) in [5, 5.41) is 4.27. The molecule has 0 saturated carbocycles. The number of benzene rings is 2. The van der Waals surface area contributed by atoms with Crippen molar-refractivity contribution in [1.29, 1.82) is 0 Å². The number of rotatable bonds is 5. The second-order valence-electron chi connectivity index (χ2n) is 7.87. The molecule has 0 unspecified atom stereocenters. The number of H-pyrrole nitrogens is 1. The molecule has 32 heavy (non-hydrogen) atoms. The Morgan fingerprint density at radius 2 is 1.94 bits per heavy atom. The number of nitrogens with one attached hydrogen (secondary N) is 2. The molecule has 3 heterocycles. The van der Waals surface area contributed by atoms with Crippen LogP contribution in [0.15, 0.2) is 47.3 Å². The maximum Gasteiger partial charge on any atom is 0.322 e. The Morgan fingerprint density at radius 3 is 2.69 bits per heavy atom. The number of fused-ring (bicyclic) bond motifs is 2. The first-order chi connectivity index (χ1) is 15.5. The number of pyridine rings is 1. The van der Waals surface area contributed by atoms with Crippen LogP contribution in [0.4, 0.5) is 10.5 Å². The summed E-state index contributed by atoms with van der Waals surface area (Å²) >= 11 is 5.94. The van der Waals surface area contributed by atoms with Gasteiger partial charge in [0.2, 0.25) is 6.79 Å². The van der Waals surface area contributed by atoms with E-state index in [-0.39, 0.29) is 31.0 Å². The molecule has 2 aliphatic heterocycles. The molecule has 0 spiro atoms. The summed E-state index contributed by atoms with van der Waals surface area (Å²) in [5.74, 6) is 1.23. The van der Waals surface area contributed by atoms with Crippen molar-refractivity contribution in [3.63, 3.8) is 0 Å².